The third-order valence-electron chi connectivity index (χ3n) is 2.73. The molecule has 4 heteroatoms. The van der Waals surface area contributed by atoms with E-state index < -0.39 is 5.97 Å². The smallest absolute Gasteiger partial charge is 0.308 e. The molecule has 17 heavy (non-hydrogen) atoms. The third-order valence-corrected chi connectivity index (χ3v) is 3.57. The molecule has 0 saturated heterocycles. The third kappa shape index (κ3) is 2.53. The number of carboxylic acid groups (broad SMARTS) is 1. The summed E-state index contributed by atoms with van der Waals surface area (Å²) in [6, 6.07) is 6.08. The SMILES string of the molecule is Cc1ccc(-c2ncsc2CC(=O)O)cc1C. The van der Waals surface area contributed by atoms with Crippen LogP contribution in [-0.2, 0) is 11.2 Å². The van der Waals surface area contributed by atoms with E-state index in [0.29, 0.717) is 0 Å². The number of nitrogens with zero attached hydrogens (tertiary/aromatic N) is 1. The van der Waals surface area contributed by atoms with Crippen molar-refractivity contribution in [2.45, 2.75) is 20.3 Å². The van der Waals surface area contributed by atoms with Crippen LogP contribution in [0.15, 0.2) is 23.7 Å². The predicted molar refractivity (Wildman–Crippen MR) is 68.4 cm³/mol. The van der Waals surface area contributed by atoms with Crippen molar-refractivity contribution in [3.8, 4) is 11.3 Å². The average Bonchev–Trinajstić information content (AvgIpc) is 2.69. The van der Waals surface area contributed by atoms with E-state index in [9.17, 15) is 4.79 Å². The molecule has 0 atom stereocenters. The van der Waals surface area contributed by atoms with Gasteiger partial charge in [0.1, 0.15) is 0 Å². The van der Waals surface area contributed by atoms with Gasteiger partial charge in [-0.25, -0.2) is 4.98 Å². The van der Waals surface area contributed by atoms with Gasteiger partial charge in [0.2, 0.25) is 0 Å². The van der Waals surface area contributed by atoms with Crippen molar-refractivity contribution in [2.75, 3.05) is 0 Å². The summed E-state index contributed by atoms with van der Waals surface area (Å²) in [6.07, 6.45) is 0.0346. The molecule has 2 rings (SSSR count). The molecule has 2 aromatic rings. The number of carboxylic acids is 1. The Hall–Kier alpha value is -1.68. The van der Waals surface area contributed by atoms with Crippen LogP contribution in [0.3, 0.4) is 0 Å². The highest BCUT2D eigenvalue weighted by atomic mass is 32.1. The lowest BCUT2D eigenvalue weighted by Gasteiger charge is -2.04. The number of benzene rings is 1. The maximum Gasteiger partial charge on any atom is 0.308 e. The van der Waals surface area contributed by atoms with Gasteiger partial charge < -0.3 is 5.11 Å². The first-order valence-corrected chi connectivity index (χ1v) is 6.17. The van der Waals surface area contributed by atoms with E-state index in [1.807, 2.05) is 19.1 Å². The van der Waals surface area contributed by atoms with E-state index in [2.05, 4.69) is 18.0 Å². The topological polar surface area (TPSA) is 50.2 Å². The number of aromatic nitrogens is 1. The summed E-state index contributed by atoms with van der Waals surface area (Å²) in [5, 5.41) is 8.83. The Kier molecular flexibility index (Phi) is 3.24. The number of hydrogen-bond donors (Lipinski definition) is 1. The van der Waals surface area contributed by atoms with Gasteiger partial charge in [-0.15, -0.1) is 11.3 Å². The summed E-state index contributed by atoms with van der Waals surface area (Å²) in [5.74, 6) is -0.820. The number of carbonyl (C=O) groups is 1. The molecular weight excluding hydrogens is 234 g/mol. The lowest BCUT2D eigenvalue weighted by atomic mass is 10.0. The fraction of sp³-hybridized carbons (Fsp3) is 0.231. The molecule has 3 nitrogen and oxygen atoms in total. The van der Waals surface area contributed by atoms with Gasteiger partial charge in [0.25, 0.3) is 0 Å². The molecule has 0 amide bonds. The lowest BCUT2D eigenvalue weighted by molar-refractivity contribution is -0.136. The second-order valence-electron chi connectivity index (χ2n) is 3.99. The quantitative estimate of drug-likeness (QED) is 0.906. The number of thiazole rings is 1. The lowest BCUT2D eigenvalue weighted by Crippen LogP contribution is -1.99. The van der Waals surface area contributed by atoms with Crippen LogP contribution in [0.25, 0.3) is 11.3 Å². The normalized spacial score (nSPS) is 10.5. The molecule has 0 aliphatic rings. The van der Waals surface area contributed by atoms with Crippen LogP contribution in [0.2, 0.25) is 0 Å². The van der Waals surface area contributed by atoms with E-state index in [1.54, 1.807) is 5.51 Å². The van der Waals surface area contributed by atoms with Crippen molar-refractivity contribution >= 4 is 17.3 Å². The molecule has 0 aliphatic heterocycles. The number of hydrogen-bond acceptors (Lipinski definition) is 3. The first-order valence-electron chi connectivity index (χ1n) is 5.29. The molecule has 0 saturated carbocycles. The summed E-state index contributed by atoms with van der Waals surface area (Å²) in [6.45, 7) is 4.10. The van der Waals surface area contributed by atoms with Crippen LogP contribution in [-0.4, -0.2) is 16.1 Å². The number of aliphatic carboxylic acids is 1. The van der Waals surface area contributed by atoms with E-state index in [-0.39, 0.29) is 6.42 Å². The Balaban J connectivity index is 2.42. The minimum Gasteiger partial charge on any atom is -0.481 e. The predicted octanol–water partition coefficient (Wildman–Crippen LogP) is 3.05. The molecule has 1 N–H and O–H groups in total. The van der Waals surface area contributed by atoms with Crippen molar-refractivity contribution in [1.82, 2.24) is 4.98 Å². The van der Waals surface area contributed by atoms with E-state index in [4.69, 9.17) is 5.11 Å². The molecule has 0 bridgehead atoms. The summed E-state index contributed by atoms with van der Waals surface area (Å²) in [7, 11) is 0. The van der Waals surface area contributed by atoms with Gasteiger partial charge in [-0.1, -0.05) is 12.1 Å². The van der Waals surface area contributed by atoms with Crippen LogP contribution in [0, 0.1) is 13.8 Å². The first kappa shape index (κ1) is 11.8. The zero-order chi connectivity index (χ0) is 12.4. The Bertz CT molecular complexity index is 560. The van der Waals surface area contributed by atoms with E-state index in [1.165, 1.54) is 22.5 Å². The fourth-order valence-corrected chi connectivity index (χ4v) is 2.43. The number of aryl methyl sites for hydroxylation is 2. The molecule has 0 spiro atoms. The minimum absolute atomic E-state index is 0.0346. The van der Waals surface area contributed by atoms with Crippen molar-refractivity contribution < 1.29 is 9.90 Å². The molecule has 0 radical (unpaired) electrons. The average molecular weight is 247 g/mol. The highest BCUT2D eigenvalue weighted by molar-refractivity contribution is 7.10. The molecule has 1 aromatic carbocycles. The Labute approximate surface area is 104 Å². The van der Waals surface area contributed by atoms with Crippen LogP contribution < -0.4 is 0 Å². The molecule has 0 fully saturated rings. The highest BCUT2D eigenvalue weighted by Crippen LogP contribution is 2.27. The monoisotopic (exact) mass is 247 g/mol. The van der Waals surface area contributed by atoms with E-state index >= 15 is 0 Å². The van der Waals surface area contributed by atoms with Crippen molar-refractivity contribution in [3.05, 3.63) is 39.7 Å². The second-order valence-corrected chi connectivity index (χ2v) is 4.93. The largest absolute Gasteiger partial charge is 0.481 e. The highest BCUT2D eigenvalue weighted by Gasteiger charge is 2.12. The standard InChI is InChI=1S/C13H13NO2S/c1-8-3-4-10(5-9(8)2)13-11(6-12(15)16)17-7-14-13/h3-5,7H,6H2,1-2H3,(H,15,16). The fourth-order valence-electron chi connectivity index (χ4n) is 1.66. The summed E-state index contributed by atoms with van der Waals surface area (Å²) < 4.78 is 0. The second kappa shape index (κ2) is 4.67. The molecular formula is C13H13NO2S. The summed E-state index contributed by atoms with van der Waals surface area (Å²) >= 11 is 1.39. The summed E-state index contributed by atoms with van der Waals surface area (Å²) in [5.41, 5.74) is 5.90. The Morgan fingerprint density at radius 1 is 1.35 bits per heavy atom. The minimum atomic E-state index is -0.820. The first-order chi connectivity index (χ1) is 8.08. The molecule has 0 unspecified atom stereocenters. The van der Waals surface area contributed by atoms with E-state index in [0.717, 1.165) is 16.1 Å². The van der Waals surface area contributed by atoms with Crippen molar-refractivity contribution in [1.29, 1.82) is 0 Å². The van der Waals surface area contributed by atoms with Crippen molar-refractivity contribution in [2.24, 2.45) is 0 Å². The molecule has 0 aliphatic carbocycles. The van der Waals surface area contributed by atoms with Gasteiger partial charge in [0.15, 0.2) is 0 Å². The van der Waals surface area contributed by atoms with Gasteiger partial charge in [-0.2, -0.15) is 0 Å². The zero-order valence-electron chi connectivity index (χ0n) is 9.73. The number of rotatable bonds is 3. The van der Waals surface area contributed by atoms with Gasteiger partial charge in [-0.3, -0.25) is 4.79 Å². The summed E-state index contributed by atoms with van der Waals surface area (Å²) in [4.78, 5) is 15.8. The zero-order valence-corrected chi connectivity index (χ0v) is 10.5. The molecule has 1 aromatic heterocycles. The van der Waals surface area contributed by atoms with Crippen LogP contribution in [0.4, 0.5) is 0 Å². The maximum atomic E-state index is 10.8. The van der Waals surface area contributed by atoms with Gasteiger partial charge in [0.05, 0.1) is 17.6 Å². The Morgan fingerprint density at radius 2 is 2.12 bits per heavy atom. The van der Waals surface area contributed by atoms with Crippen LogP contribution in [0.5, 0.6) is 0 Å². The molecule has 88 valence electrons. The molecule has 1 heterocycles. The van der Waals surface area contributed by atoms with Gasteiger partial charge >= 0.3 is 5.97 Å². The maximum absolute atomic E-state index is 10.8. The van der Waals surface area contributed by atoms with Crippen LogP contribution >= 0.6 is 11.3 Å². The van der Waals surface area contributed by atoms with Crippen molar-refractivity contribution in [3.63, 3.8) is 0 Å². The van der Waals surface area contributed by atoms with Crippen LogP contribution in [0.1, 0.15) is 16.0 Å². The van der Waals surface area contributed by atoms with Gasteiger partial charge in [0, 0.05) is 10.4 Å². The van der Waals surface area contributed by atoms with Gasteiger partial charge in [-0.05, 0) is 31.0 Å². The Morgan fingerprint density at radius 3 is 2.76 bits per heavy atom.